The molecule has 0 atom stereocenters. The van der Waals surface area contributed by atoms with Gasteiger partial charge in [0.15, 0.2) is 0 Å². The second-order valence-electron chi connectivity index (χ2n) is 4.30. The van der Waals surface area contributed by atoms with Crippen molar-refractivity contribution >= 4 is 16.6 Å². The van der Waals surface area contributed by atoms with Crippen LogP contribution in [0.3, 0.4) is 0 Å². The van der Waals surface area contributed by atoms with E-state index in [-0.39, 0.29) is 0 Å². The fraction of sp³-hybridized carbons (Fsp3) is 0.333. The molecule has 3 rings (SSSR count). The summed E-state index contributed by atoms with van der Waals surface area (Å²) in [7, 11) is 0. The molecule has 4 N–H and O–H groups in total. The molecule has 3 heteroatoms. The number of hydrogen-bond acceptors (Lipinski definition) is 2. The van der Waals surface area contributed by atoms with Gasteiger partial charge in [0.2, 0.25) is 0 Å². The summed E-state index contributed by atoms with van der Waals surface area (Å²) >= 11 is 0. The van der Waals surface area contributed by atoms with Crippen LogP contribution < -0.4 is 11.1 Å². The number of nitrogens with one attached hydrogen (secondary N) is 2. The summed E-state index contributed by atoms with van der Waals surface area (Å²) in [6.07, 6.45) is 2.65. The Morgan fingerprint density at radius 2 is 2.20 bits per heavy atom. The number of nitrogen functional groups attached to an aromatic ring is 1. The molecule has 0 amide bonds. The van der Waals surface area contributed by atoms with Crippen LogP contribution in [0.2, 0.25) is 0 Å². The molecule has 0 aliphatic heterocycles. The number of fused-ring (bicyclic) bond motifs is 1. The predicted molar refractivity (Wildman–Crippen MR) is 62.6 cm³/mol. The minimum absolute atomic E-state index is 0.751. The van der Waals surface area contributed by atoms with E-state index in [1.165, 1.54) is 23.9 Å². The summed E-state index contributed by atoms with van der Waals surface area (Å²) < 4.78 is 0. The molecule has 0 radical (unpaired) electrons. The molecule has 1 heterocycles. The quantitative estimate of drug-likeness (QED) is 0.665. The van der Waals surface area contributed by atoms with E-state index in [2.05, 4.69) is 22.4 Å². The second kappa shape index (κ2) is 3.28. The van der Waals surface area contributed by atoms with E-state index in [4.69, 9.17) is 5.73 Å². The van der Waals surface area contributed by atoms with E-state index in [9.17, 15) is 0 Å². The fourth-order valence-corrected chi connectivity index (χ4v) is 1.84. The van der Waals surface area contributed by atoms with Crippen LogP contribution in [0.25, 0.3) is 10.9 Å². The third-order valence-electron chi connectivity index (χ3n) is 2.86. The zero-order valence-electron chi connectivity index (χ0n) is 8.59. The summed E-state index contributed by atoms with van der Waals surface area (Å²) in [6, 6.07) is 8.91. The van der Waals surface area contributed by atoms with Crippen LogP contribution in [0.15, 0.2) is 24.3 Å². The molecule has 0 spiro atoms. The number of nitrogens with two attached hydrogens (primary N) is 1. The first-order chi connectivity index (χ1) is 7.31. The molecule has 1 aromatic carbocycles. The van der Waals surface area contributed by atoms with Crippen molar-refractivity contribution in [3.63, 3.8) is 0 Å². The van der Waals surface area contributed by atoms with E-state index < -0.39 is 0 Å². The van der Waals surface area contributed by atoms with Gasteiger partial charge in [-0.1, -0.05) is 6.07 Å². The first-order valence-corrected chi connectivity index (χ1v) is 5.42. The van der Waals surface area contributed by atoms with Gasteiger partial charge in [-0.25, -0.2) is 0 Å². The average Bonchev–Trinajstić information content (AvgIpc) is 2.95. The number of H-pyrrole nitrogens is 1. The minimum atomic E-state index is 0.751. The minimum Gasteiger partial charge on any atom is -0.399 e. The van der Waals surface area contributed by atoms with Crippen molar-refractivity contribution in [2.24, 2.45) is 0 Å². The van der Waals surface area contributed by atoms with Gasteiger partial charge in [-0.05, 0) is 36.4 Å². The van der Waals surface area contributed by atoms with Crippen molar-refractivity contribution in [2.75, 3.05) is 5.73 Å². The molecule has 1 aliphatic rings. The largest absolute Gasteiger partial charge is 0.399 e. The molecule has 1 aromatic heterocycles. The predicted octanol–water partition coefficient (Wildman–Crippen LogP) is 2.00. The van der Waals surface area contributed by atoms with Crippen molar-refractivity contribution in [1.82, 2.24) is 10.3 Å². The third kappa shape index (κ3) is 1.83. The Bertz CT molecular complexity index is 483. The Balaban J connectivity index is 1.84. The van der Waals surface area contributed by atoms with Crippen molar-refractivity contribution in [2.45, 2.75) is 25.4 Å². The topological polar surface area (TPSA) is 53.8 Å². The van der Waals surface area contributed by atoms with Crippen molar-refractivity contribution in [3.8, 4) is 0 Å². The summed E-state index contributed by atoms with van der Waals surface area (Å²) in [5.74, 6) is 0. The highest BCUT2D eigenvalue weighted by atomic mass is 15.0. The van der Waals surface area contributed by atoms with Gasteiger partial charge in [0.1, 0.15) is 0 Å². The molecule has 15 heavy (non-hydrogen) atoms. The molecule has 78 valence electrons. The number of anilines is 1. The highest BCUT2D eigenvalue weighted by Gasteiger charge is 2.20. The lowest BCUT2D eigenvalue weighted by molar-refractivity contribution is 0.678. The van der Waals surface area contributed by atoms with Crippen molar-refractivity contribution < 1.29 is 0 Å². The standard InChI is InChI=1S/C12H15N3/c13-9-2-1-8-5-11(15-12(8)6-9)7-14-10-3-4-10/h1-2,5-6,10,14-15H,3-4,7,13H2. The summed E-state index contributed by atoms with van der Waals surface area (Å²) in [6.45, 7) is 0.930. The summed E-state index contributed by atoms with van der Waals surface area (Å²) in [5.41, 5.74) is 8.91. The van der Waals surface area contributed by atoms with Crippen LogP contribution in [0.5, 0.6) is 0 Å². The van der Waals surface area contributed by atoms with Gasteiger partial charge >= 0.3 is 0 Å². The van der Waals surface area contributed by atoms with Gasteiger partial charge in [-0.2, -0.15) is 0 Å². The second-order valence-corrected chi connectivity index (χ2v) is 4.30. The molecular formula is C12H15N3. The van der Waals surface area contributed by atoms with Gasteiger partial charge < -0.3 is 16.0 Å². The van der Waals surface area contributed by atoms with E-state index in [1.54, 1.807) is 0 Å². The maximum atomic E-state index is 5.73. The van der Waals surface area contributed by atoms with Crippen molar-refractivity contribution in [1.29, 1.82) is 0 Å². The van der Waals surface area contributed by atoms with E-state index in [0.717, 1.165) is 23.8 Å². The third-order valence-corrected chi connectivity index (χ3v) is 2.86. The highest BCUT2D eigenvalue weighted by molar-refractivity contribution is 5.83. The molecule has 1 aliphatic carbocycles. The maximum Gasteiger partial charge on any atom is 0.0477 e. The SMILES string of the molecule is Nc1ccc2cc(CNC3CC3)[nH]c2c1. The van der Waals surface area contributed by atoms with Crippen LogP contribution in [0, 0.1) is 0 Å². The Kier molecular flexibility index (Phi) is 1.92. The lowest BCUT2D eigenvalue weighted by Crippen LogP contribution is -2.15. The van der Waals surface area contributed by atoms with Gasteiger partial charge in [-0.3, -0.25) is 0 Å². The first-order valence-electron chi connectivity index (χ1n) is 5.42. The zero-order valence-corrected chi connectivity index (χ0v) is 8.59. The average molecular weight is 201 g/mol. The molecule has 3 nitrogen and oxygen atoms in total. The molecular weight excluding hydrogens is 186 g/mol. The first kappa shape index (κ1) is 8.80. The van der Waals surface area contributed by atoms with Crippen LogP contribution in [0.1, 0.15) is 18.5 Å². The van der Waals surface area contributed by atoms with Gasteiger partial charge in [0.25, 0.3) is 0 Å². The lowest BCUT2D eigenvalue weighted by Gasteiger charge is -1.98. The van der Waals surface area contributed by atoms with Gasteiger partial charge in [0, 0.05) is 29.5 Å². The number of rotatable bonds is 3. The van der Waals surface area contributed by atoms with E-state index >= 15 is 0 Å². The van der Waals surface area contributed by atoms with Gasteiger partial charge in [0.05, 0.1) is 0 Å². The number of hydrogen-bond donors (Lipinski definition) is 3. The molecule has 0 saturated heterocycles. The monoisotopic (exact) mass is 201 g/mol. The number of aromatic nitrogens is 1. The molecule has 2 aromatic rings. The molecule has 0 bridgehead atoms. The van der Waals surface area contributed by atoms with Crippen LogP contribution >= 0.6 is 0 Å². The molecule has 1 saturated carbocycles. The number of aromatic amines is 1. The molecule has 1 fully saturated rings. The normalized spacial score (nSPS) is 16.0. The van der Waals surface area contributed by atoms with E-state index in [1.807, 2.05) is 12.1 Å². The van der Waals surface area contributed by atoms with E-state index in [0.29, 0.717) is 0 Å². The summed E-state index contributed by atoms with van der Waals surface area (Å²) in [5, 5.41) is 4.72. The Morgan fingerprint density at radius 1 is 1.33 bits per heavy atom. The Labute approximate surface area is 88.7 Å². The highest BCUT2D eigenvalue weighted by Crippen LogP contribution is 2.21. The lowest BCUT2D eigenvalue weighted by atomic mass is 10.2. The molecule has 0 unspecified atom stereocenters. The Hall–Kier alpha value is -1.48. The van der Waals surface area contributed by atoms with Crippen molar-refractivity contribution in [3.05, 3.63) is 30.0 Å². The maximum absolute atomic E-state index is 5.73. The van der Waals surface area contributed by atoms with Crippen LogP contribution in [-0.4, -0.2) is 11.0 Å². The van der Waals surface area contributed by atoms with Crippen LogP contribution in [0.4, 0.5) is 5.69 Å². The van der Waals surface area contributed by atoms with Gasteiger partial charge in [-0.15, -0.1) is 0 Å². The smallest absolute Gasteiger partial charge is 0.0477 e. The zero-order chi connectivity index (χ0) is 10.3. The fourth-order valence-electron chi connectivity index (χ4n) is 1.84. The number of benzene rings is 1. The van der Waals surface area contributed by atoms with Crippen LogP contribution in [-0.2, 0) is 6.54 Å². The summed E-state index contributed by atoms with van der Waals surface area (Å²) in [4.78, 5) is 3.38. The Morgan fingerprint density at radius 3 is 3.00 bits per heavy atom.